The van der Waals surface area contributed by atoms with E-state index >= 15 is 0 Å². The summed E-state index contributed by atoms with van der Waals surface area (Å²) in [6.45, 7) is 4.54. The maximum absolute atomic E-state index is 12.1. The second-order valence-corrected chi connectivity index (χ2v) is 3.76. The zero-order chi connectivity index (χ0) is 11.4. The Hall–Kier alpha value is -1.61. The average Bonchev–Trinajstić information content (AvgIpc) is 2.33. The Kier molecular flexibility index (Phi) is 3.37. The van der Waals surface area contributed by atoms with Gasteiger partial charge in [-0.25, -0.2) is 0 Å². The van der Waals surface area contributed by atoms with Gasteiger partial charge >= 0.3 is 0 Å². The van der Waals surface area contributed by atoms with Gasteiger partial charge in [0.25, 0.3) is 5.56 Å². The van der Waals surface area contributed by atoms with E-state index in [2.05, 4.69) is 12.2 Å². The molecule has 16 heavy (non-hydrogen) atoms. The van der Waals surface area contributed by atoms with Gasteiger partial charge in [0.05, 0.1) is 0 Å². The van der Waals surface area contributed by atoms with Gasteiger partial charge in [0.2, 0.25) is 0 Å². The Morgan fingerprint density at radius 3 is 2.88 bits per heavy atom. The van der Waals surface area contributed by atoms with Crippen molar-refractivity contribution in [2.24, 2.45) is 0 Å². The van der Waals surface area contributed by atoms with Crippen molar-refractivity contribution < 1.29 is 0 Å². The molecule has 0 saturated heterocycles. The summed E-state index contributed by atoms with van der Waals surface area (Å²) in [4.78, 5) is 12.1. The monoisotopic (exact) mass is 216 g/mol. The van der Waals surface area contributed by atoms with Gasteiger partial charge in [0.15, 0.2) is 0 Å². The molecule has 0 atom stereocenters. The predicted molar refractivity (Wildman–Crippen MR) is 66.8 cm³/mol. The lowest BCUT2D eigenvalue weighted by atomic mass is 10.2. The molecule has 84 valence electrons. The molecular weight excluding hydrogens is 200 g/mol. The molecule has 0 radical (unpaired) electrons. The molecule has 1 N–H and O–H groups in total. The zero-order valence-electron chi connectivity index (χ0n) is 9.44. The van der Waals surface area contributed by atoms with Crippen LogP contribution in [-0.4, -0.2) is 17.7 Å². The summed E-state index contributed by atoms with van der Waals surface area (Å²) in [5.41, 5.74) is 0.0935. The van der Waals surface area contributed by atoms with Gasteiger partial charge in [0.1, 0.15) is 0 Å². The Balaban J connectivity index is 2.33. The van der Waals surface area contributed by atoms with E-state index in [-0.39, 0.29) is 5.56 Å². The standard InChI is InChI=1S/C13H16N2O/c1-2-14-8-10-15-9-7-11-5-3-4-6-12(11)13(15)16/h3-7,9,14H,2,8,10H2,1H3. The fraction of sp³-hybridized carbons (Fsp3) is 0.308. The van der Waals surface area contributed by atoms with Crippen LogP contribution in [0.2, 0.25) is 0 Å². The van der Waals surface area contributed by atoms with E-state index in [1.54, 1.807) is 4.57 Å². The molecule has 0 aliphatic carbocycles. The summed E-state index contributed by atoms with van der Waals surface area (Å²) >= 11 is 0. The molecule has 2 aromatic rings. The van der Waals surface area contributed by atoms with Gasteiger partial charge in [-0.2, -0.15) is 0 Å². The first-order chi connectivity index (χ1) is 7.83. The summed E-state index contributed by atoms with van der Waals surface area (Å²) < 4.78 is 1.75. The van der Waals surface area contributed by atoms with Crippen molar-refractivity contribution >= 4 is 10.8 Å². The molecule has 0 saturated carbocycles. The maximum atomic E-state index is 12.1. The summed E-state index contributed by atoms with van der Waals surface area (Å²) in [6.07, 6.45) is 1.86. The van der Waals surface area contributed by atoms with Crippen molar-refractivity contribution in [3.05, 3.63) is 46.9 Å². The van der Waals surface area contributed by atoms with Crippen molar-refractivity contribution in [3.8, 4) is 0 Å². The van der Waals surface area contributed by atoms with Crippen LogP contribution in [0.15, 0.2) is 41.3 Å². The number of nitrogens with one attached hydrogen (secondary N) is 1. The Morgan fingerprint density at radius 2 is 2.06 bits per heavy atom. The number of rotatable bonds is 4. The average molecular weight is 216 g/mol. The van der Waals surface area contributed by atoms with Gasteiger partial charge < -0.3 is 9.88 Å². The van der Waals surface area contributed by atoms with Crippen LogP contribution in [0.5, 0.6) is 0 Å². The zero-order valence-corrected chi connectivity index (χ0v) is 9.44. The van der Waals surface area contributed by atoms with Crippen molar-refractivity contribution in [2.75, 3.05) is 13.1 Å². The molecule has 0 unspecified atom stereocenters. The third kappa shape index (κ3) is 2.14. The van der Waals surface area contributed by atoms with Crippen LogP contribution in [0.4, 0.5) is 0 Å². The summed E-state index contributed by atoms with van der Waals surface area (Å²) in [5, 5.41) is 5.01. The van der Waals surface area contributed by atoms with Gasteiger partial charge in [-0.1, -0.05) is 25.1 Å². The van der Waals surface area contributed by atoms with E-state index in [4.69, 9.17) is 0 Å². The van der Waals surface area contributed by atoms with Crippen LogP contribution >= 0.6 is 0 Å². The second kappa shape index (κ2) is 4.94. The molecule has 0 aliphatic rings. The number of hydrogen-bond donors (Lipinski definition) is 1. The fourth-order valence-electron chi connectivity index (χ4n) is 1.78. The minimum atomic E-state index is 0.0935. The van der Waals surface area contributed by atoms with Crippen LogP contribution in [-0.2, 0) is 6.54 Å². The molecule has 0 aliphatic heterocycles. The van der Waals surface area contributed by atoms with Gasteiger partial charge in [0, 0.05) is 24.7 Å². The number of hydrogen-bond acceptors (Lipinski definition) is 2. The first-order valence-electron chi connectivity index (χ1n) is 5.62. The van der Waals surface area contributed by atoms with E-state index in [1.165, 1.54) is 0 Å². The Morgan fingerprint density at radius 1 is 1.25 bits per heavy atom. The molecular formula is C13H16N2O. The highest BCUT2D eigenvalue weighted by Gasteiger charge is 2.00. The predicted octanol–water partition coefficient (Wildman–Crippen LogP) is 1.61. The van der Waals surface area contributed by atoms with Crippen molar-refractivity contribution in [2.45, 2.75) is 13.5 Å². The number of benzene rings is 1. The van der Waals surface area contributed by atoms with E-state index in [1.807, 2.05) is 36.5 Å². The van der Waals surface area contributed by atoms with Crippen LogP contribution < -0.4 is 10.9 Å². The number of aromatic nitrogens is 1. The third-order valence-corrected chi connectivity index (χ3v) is 2.67. The summed E-state index contributed by atoms with van der Waals surface area (Å²) in [6, 6.07) is 9.68. The summed E-state index contributed by atoms with van der Waals surface area (Å²) in [7, 11) is 0. The normalized spacial score (nSPS) is 10.8. The molecule has 1 aromatic heterocycles. The largest absolute Gasteiger partial charge is 0.315 e. The first-order valence-corrected chi connectivity index (χ1v) is 5.62. The molecule has 2 rings (SSSR count). The third-order valence-electron chi connectivity index (χ3n) is 2.67. The number of fused-ring (bicyclic) bond motifs is 1. The molecule has 0 amide bonds. The lowest BCUT2D eigenvalue weighted by Crippen LogP contribution is -2.26. The lowest BCUT2D eigenvalue weighted by molar-refractivity contribution is 0.602. The molecule has 3 heteroatoms. The fourth-order valence-corrected chi connectivity index (χ4v) is 1.78. The van der Waals surface area contributed by atoms with E-state index < -0.39 is 0 Å². The first kappa shape index (κ1) is 10.9. The molecule has 0 bridgehead atoms. The maximum Gasteiger partial charge on any atom is 0.258 e. The minimum absolute atomic E-state index is 0.0935. The number of nitrogens with zero attached hydrogens (tertiary/aromatic N) is 1. The highest BCUT2D eigenvalue weighted by molar-refractivity contribution is 5.81. The second-order valence-electron chi connectivity index (χ2n) is 3.76. The Labute approximate surface area is 94.7 Å². The SMILES string of the molecule is CCNCCn1ccc2ccccc2c1=O. The highest BCUT2D eigenvalue weighted by Crippen LogP contribution is 2.07. The van der Waals surface area contributed by atoms with Crippen molar-refractivity contribution in [1.82, 2.24) is 9.88 Å². The highest BCUT2D eigenvalue weighted by atomic mass is 16.1. The smallest absolute Gasteiger partial charge is 0.258 e. The van der Waals surface area contributed by atoms with Crippen LogP contribution in [0.1, 0.15) is 6.92 Å². The van der Waals surface area contributed by atoms with Gasteiger partial charge in [-0.05, 0) is 24.1 Å². The van der Waals surface area contributed by atoms with E-state index in [0.29, 0.717) is 0 Å². The van der Waals surface area contributed by atoms with Crippen LogP contribution in [0, 0.1) is 0 Å². The quantitative estimate of drug-likeness (QED) is 0.788. The van der Waals surface area contributed by atoms with E-state index in [9.17, 15) is 4.79 Å². The van der Waals surface area contributed by atoms with Crippen LogP contribution in [0.3, 0.4) is 0 Å². The van der Waals surface area contributed by atoms with Gasteiger partial charge in [-0.3, -0.25) is 4.79 Å². The molecule has 0 fully saturated rings. The minimum Gasteiger partial charge on any atom is -0.315 e. The van der Waals surface area contributed by atoms with E-state index in [0.717, 1.165) is 30.4 Å². The van der Waals surface area contributed by atoms with Gasteiger partial charge in [-0.15, -0.1) is 0 Å². The van der Waals surface area contributed by atoms with Crippen molar-refractivity contribution in [3.63, 3.8) is 0 Å². The molecule has 0 spiro atoms. The molecule has 1 aromatic carbocycles. The lowest BCUT2D eigenvalue weighted by Gasteiger charge is -2.07. The summed E-state index contributed by atoms with van der Waals surface area (Å²) in [5.74, 6) is 0. The molecule has 3 nitrogen and oxygen atoms in total. The van der Waals surface area contributed by atoms with Crippen LogP contribution in [0.25, 0.3) is 10.8 Å². The number of likely N-dealkylation sites (N-methyl/N-ethyl adjacent to an activating group) is 1. The number of pyridine rings is 1. The topological polar surface area (TPSA) is 34.0 Å². The Bertz CT molecular complexity index is 531. The van der Waals surface area contributed by atoms with Crippen molar-refractivity contribution in [1.29, 1.82) is 0 Å². The molecule has 1 heterocycles.